The summed E-state index contributed by atoms with van der Waals surface area (Å²) in [6.45, 7) is 1.56. The molecule has 21 heavy (non-hydrogen) atoms. The molecule has 6 heteroatoms. The lowest BCUT2D eigenvalue weighted by molar-refractivity contribution is 0.185. The normalized spacial score (nSPS) is 18.1. The zero-order chi connectivity index (χ0) is 14.8. The van der Waals surface area contributed by atoms with Gasteiger partial charge in [0.15, 0.2) is 0 Å². The molecule has 1 atom stereocenters. The van der Waals surface area contributed by atoms with Crippen LogP contribution < -0.4 is 0 Å². The van der Waals surface area contributed by atoms with E-state index in [9.17, 15) is 0 Å². The molecule has 3 nitrogen and oxygen atoms in total. The molecule has 2 heterocycles. The molecule has 0 bridgehead atoms. The van der Waals surface area contributed by atoms with Crippen LogP contribution in [0.1, 0.15) is 12.2 Å². The summed E-state index contributed by atoms with van der Waals surface area (Å²) in [5.41, 5.74) is 1.56. The Balaban J connectivity index is 1.94. The molecule has 1 aromatic carbocycles. The number of hydrogen-bond acceptors (Lipinski definition) is 3. The summed E-state index contributed by atoms with van der Waals surface area (Å²) in [6.07, 6.45) is 1.78. The van der Waals surface area contributed by atoms with E-state index in [0.29, 0.717) is 27.6 Å². The SMILES string of the molecule is Clc1nc(CC2CCOC2)nc(Cl)c1-c1ccccc1Br. The van der Waals surface area contributed by atoms with Crippen molar-refractivity contribution in [3.05, 3.63) is 44.9 Å². The van der Waals surface area contributed by atoms with E-state index in [2.05, 4.69) is 25.9 Å². The van der Waals surface area contributed by atoms with Gasteiger partial charge in [0, 0.05) is 29.7 Å². The van der Waals surface area contributed by atoms with E-state index in [1.807, 2.05) is 24.3 Å². The van der Waals surface area contributed by atoms with Gasteiger partial charge in [-0.1, -0.05) is 57.3 Å². The van der Waals surface area contributed by atoms with Crippen LogP contribution in [0.15, 0.2) is 28.7 Å². The minimum atomic E-state index is 0.385. The van der Waals surface area contributed by atoms with Crippen LogP contribution in [0.3, 0.4) is 0 Å². The van der Waals surface area contributed by atoms with Crippen molar-refractivity contribution in [1.29, 1.82) is 0 Å². The second kappa shape index (κ2) is 6.61. The van der Waals surface area contributed by atoms with Gasteiger partial charge in [-0.05, 0) is 18.4 Å². The van der Waals surface area contributed by atoms with Crippen LogP contribution in [-0.4, -0.2) is 23.2 Å². The van der Waals surface area contributed by atoms with Crippen molar-refractivity contribution in [1.82, 2.24) is 9.97 Å². The van der Waals surface area contributed by atoms with Crippen molar-refractivity contribution in [2.24, 2.45) is 5.92 Å². The Morgan fingerprint density at radius 3 is 2.52 bits per heavy atom. The lowest BCUT2D eigenvalue weighted by atomic mass is 10.0. The van der Waals surface area contributed by atoms with Crippen molar-refractivity contribution >= 4 is 39.1 Å². The molecule has 0 radical (unpaired) electrons. The fourth-order valence-electron chi connectivity index (χ4n) is 2.43. The number of benzene rings is 1. The van der Waals surface area contributed by atoms with Crippen LogP contribution in [0.4, 0.5) is 0 Å². The Morgan fingerprint density at radius 2 is 1.90 bits per heavy atom. The summed E-state index contributed by atoms with van der Waals surface area (Å²) in [5.74, 6) is 1.13. The fourth-order valence-corrected chi connectivity index (χ4v) is 3.54. The van der Waals surface area contributed by atoms with Gasteiger partial charge in [-0.3, -0.25) is 0 Å². The van der Waals surface area contributed by atoms with E-state index in [1.165, 1.54) is 0 Å². The van der Waals surface area contributed by atoms with Crippen LogP contribution >= 0.6 is 39.1 Å². The van der Waals surface area contributed by atoms with E-state index in [-0.39, 0.29) is 0 Å². The molecule has 1 aliphatic heterocycles. The number of halogens is 3. The Kier molecular flexibility index (Phi) is 4.79. The summed E-state index contributed by atoms with van der Waals surface area (Å²) in [4.78, 5) is 8.82. The summed E-state index contributed by atoms with van der Waals surface area (Å²) >= 11 is 16.2. The maximum atomic E-state index is 6.34. The Morgan fingerprint density at radius 1 is 1.19 bits per heavy atom. The first-order chi connectivity index (χ1) is 10.1. The third-order valence-electron chi connectivity index (χ3n) is 3.51. The molecule has 1 saturated heterocycles. The van der Waals surface area contributed by atoms with Crippen molar-refractivity contribution in [2.45, 2.75) is 12.8 Å². The van der Waals surface area contributed by atoms with Crippen LogP contribution in [0.2, 0.25) is 10.3 Å². The molecule has 1 unspecified atom stereocenters. The van der Waals surface area contributed by atoms with Gasteiger partial charge >= 0.3 is 0 Å². The van der Waals surface area contributed by atoms with Crippen molar-refractivity contribution in [3.63, 3.8) is 0 Å². The number of rotatable bonds is 3. The Labute approximate surface area is 141 Å². The Bertz CT molecular complexity index is 637. The zero-order valence-corrected chi connectivity index (χ0v) is 14.2. The lowest BCUT2D eigenvalue weighted by Crippen LogP contribution is -2.08. The Hall–Kier alpha value is -0.680. The van der Waals surface area contributed by atoms with Gasteiger partial charge in [0.05, 0.1) is 5.56 Å². The first-order valence-corrected chi connectivity index (χ1v) is 8.24. The minimum absolute atomic E-state index is 0.385. The molecule has 2 aromatic rings. The second-order valence-corrected chi connectivity index (χ2v) is 6.58. The average Bonchev–Trinajstić information content (AvgIpc) is 2.93. The number of ether oxygens (including phenoxy) is 1. The van der Waals surface area contributed by atoms with E-state index in [0.717, 1.165) is 36.1 Å². The van der Waals surface area contributed by atoms with Crippen LogP contribution in [0.5, 0.6) is 0 Å². The quantitative estimate of drug-likeness (QED) is 0.710. The van der Waals surface area contributed by atoms with Crippen molar-refractivity contribution in [2.75, 3.05) is 13.2 Å². The van der Waals surface area contributed by atoms with Gasteiger partial charge in [-0.2, -0.15) is 0 Å². The lowest BCUT2D eigenvalue weighted by Gasteiger charge is -2.11. The molecule has 0 amide bonds. The van der Waals surface area contributed by atoms with E-state index in [4.69, 9.17) is 27.9 Å². The largest absolute Gasteiger partial charge is 0.381 e. The molecule has 1 aliphatic rings. The van der Waals surface area contributed by atoms with Gasteiger partial charge in [-0.15, -0.1) is 0 Å². The summed E-state index contributed by atoms with van der Waals surface area (Å²) < 4.78 is 6.28. The third-order valence-corrected chi connectivity index (χ3v) is 4.74. The van der Waals surface area contributed by atoms with Crippen molar-refractivity contribution < 1.29 is 4.74 Å². The predicted octanol–water partition coefficient (Wildman–Crippen LogP) is 4.79. The fraction of sp³-hybridized carbons (Fsp3) is 0.333. The van der Waals surface area contributed by atoms with Crippen LogP contribution in [0, 0.1) is 5.92 Å². The highest BCUT2D eigenvalue weighted by Gasteiger charge is 2.20. The highest BCUT2D eigenvalue weighted by molar-refractivity contribution is 9.10. The predicted molar refractivity (Wildman–Crippen MR) is 87.8 cm³/mol. The standard InChI is InChI=1S/C15H13BrCl2N2O/c16-11-4-2-1-3-10(11)13-14(17)19-12(20-15(13)18)7-9-5-6-21-8-9/h1-4,9H,5-8H2. The van der Waals surface area contributed by atoms with Gasteiger partial charge in [0.2, 0.25) is 0 Å². The molecule has 0 saturated carbocycles. The molecule has 3 rings (SSSR count). The second-order valence-electron chi connectivity index (χ2n) is 5.01. The molecular formula is C15H13BrCl2N2O. The molecule has 0 spiro atoms. The molecule has 110 valence electrons. The monoisotopic (exact) mass is 386 g/mol. The number of hydrogen-bond donors (Lipinski definition) is 0. The van der Waals surface area contributed by atoms with E-state index >= 15 is 0 Å². The highest BCUT2D eigenvalue weighted by Crippen LogP contribution is 2.37. The number of aromatic nitrogens is 2. The molecule has 0 N–H and O–H groups in total. The number of nitrogens with zero attached hydrogens (tertiary/aromatic N) is 2. The van der Waals surface area contributed by atoms with Gasteiger partial charge < -0.3 is 4.74 Å². The minimum Gasteiger partial charge on any atom is -0.381 e. The van der Waals surface area contributed by atoms with Crippen molar-refractivity contribution in [3.8, 4) is 11.1 Å². The maximum absolute atomic E-state index is 6.34. The smallest absolute Gasteiger partial charge is 0.142 e. The highest BCUT2D eigenvalue weighted by atomic mass is 79.9. The topological polar surface area (TPSA) is 35.0 Å². The van der Waals surface area contributed by atoms with Gasteiger partial charge in [-0.25, -0.2) is 9.97 Å². The molecule has 1 aromatic heterocycles. The summed E-state index contributed by atoms with van der Waals surface area (Å²) in [5, 5.41) is 0.770. The van der Waals surface area contributed by atoms with Crippen LogP contribution in [-0.2, 0) is 11.2 Å². The summed E-state index contributed by atoms with van der Waals surface area (Å²) in [6, 6.07) is 7.73. The average molecular weight is 388 g/mol. The van der Waals surface area contributed by atoms with E-state index in [1.54, 1.807) is 0 Å². The first kappa shape index (κ1) is 15.2. The molecule has 0 aliphatic carbocycles. The van der Waals surface area contributed by atoms with Gasteiger partial charge in [0.1, 0.15) is 16.1 Å². The zero-order valence-electron chi connectivity index (χ0n) is 11.2. The molecule has 1 fully saturated rings. The molecular weight excluding hydrogens is 375 g/mol. The maximum Gasteiger partial charge on any atom is 0.142 e. The first-order valence-electron chi connectivity index (χ1n) is 6.69. The summed E-state index contributed by atoms with van der Waals surface area (Å²) in [7, 11) is 0. The van der Waals surface area contributed by atoms with Crippen LogP contribution in [0.25, 0.3) is 11.1 Å². The van der Waals surface area contributed by atoms with Gasteiger partial charge in [0.25, 0.3) is 0 Å². The third kappa shape index (κ3) is 3.39. The van der Waals surface area contributed by atoms with E-state index < -0.39 is 0 Å².